The van der Waals surface area contributed by atoms with Crippen molar-refractivity contribution in [2.75, 3.05) is 11.4 Å². The van der Waals surface area contributed by atoms with Crippen LogP contribution in [0.3, 0.4) is 0 Å². The highest BCUT2D eigenvalue weighted by molar-refractivity contribution is 6.02. The van der Waals surface area contributed by atoms with E-state index in [2.05, 4.69) is 5.32 Å². The predicted molar refractivity (Wildman–Crippen MR) is 76.8 cm³/mol. The molecule has 0 spiro atoms. The van der Waals surface area contributed by atoms with E-state index < -0.39 is 12.0 Å². The molecule has 0 aromatic heterocycles. The molecule has 2 N–H and O–H groups in total. The topological polar surface area (TPSA) is 69.6 Å². The molecule has 1 aromatic carbocycles. The molecule has 20 heavy (non-hydrogen) atoms. The van der Waals surface area contributed by atoms with Crippen molar-refractivity contribution >= 4 is 17.6 Å². The van der Waals surface area contributed by atoms with Crippen molar-refractivity contribution in [1.29, 1.82) is 0 Å². The second-order valence-corrected chi connectivity index (χ2v) is 5.11. The first-order chi connectivity index (χ1) is 9.54. The molecule has 5 heteroatoms. The van der Waals surface area contributed by atoms with Gasteiger partial charge in [-0.25, -0.2) is 4.79 Å². The summed E-state index contributed by atoms with van der Waals surface area (Å²) >= 11 is 0. The molecule has 1 amide bonds. The van der Waals surface area contributed by atoms with Crippen LogP contribution in [0.15, 0.2) is 24.3 Å². The van der Waals surface area contributed by atoms with Gasteiger partial charge in [-0.2, -0.15) is 0 Å². The molecule has 1 unspecified atom stereocenters. The first-order valence-electron chi connectivity index (χ1n) is 6.90. The third kappa shape index (κ3) is 2.82. The summed E-state index contributed by atoms with van der Waals surface area (Å²) in [5.74, 6) is -1.10. The highest BCUT2D eigenvalue weighted by atomic mass is 16.4. The zero-order valence-corrected chi connectivity index (χ0v) is 11.8. The summed E-state index contributed by atoms with van der Waals surface area (Å²) in [7, 11) is 0. The average Bonchev–Trinajstić information content (AvgIpc) is 2.78. The molecule has 1 aromatic rings. The third-order valence-corrected chi connectivity index (χ3v) is 3.56. The van der Waals surface area contributed by atoms with Crippen molar-refractivity contribution in [1.82, 2.24) is 5.32 Å². The van der Waals surface area contributed by atoms with Gasteiger partial charge in [0.25, 0.3) is 0 Å². The van der Waals surface area contributed by atoms with Crippen molar-refractivity contribution < 1.29 is 14.7 Å². The molecule has 0 saturated heterocycles. The molecule has 108 valence electrons. The summed E-state index contributed by atoms with van der Waals surface area (Å²) < 4.78 is 0. The van der Waals surface area contributed by atoms with E-state index in [1.807, 2.05) is 38.1 Å². The van der Waals surface area contributed by atoms with Gasteiger partial charge < -0.3 is 10.4 Å². The number of carbonyl (C=O) groups excluding carboxylic acids is 1. The summed E-state index contributed by atoms with van der Waals surface area (Å²) in [6.07, 6.45) is 0.679. The van der Waals surface area contributed by atoms with E-state index in [0.717, 1.165) is 17.8 Å². The van der Waals surface area contributed by atoms with Crippen LogP contribution in [0.5, 0.6) is 0 Å². The van der Waals surface area contributed by atoms with Crippen LogP contribution in [0.4, 0.5) is 5.69 Å². The molecule has 0 radical (unpaired) electrons. The van der Waals surface area contributed by atoms with Crippen LogP contribution in [0, 0.1) is 0 Å². The number of carbonyl (C=O) groups is 2. The average molecular weight is 276 g/mol. The number of amides is 1. The quantitative estimate of drug-likeness (QED) is 0.853. The van der Waals surface area contributed by atoms with Crippen LogP contribution in [-0.2, 0) is 16.0 Å². The molecule has 1 aliphatic heterocycles. The van der Waals surface area contributed by atoms with Crippen molar-refractivity contribution in [2.45, 2.75) is 38.8 Å². The summed E-state index contributed by atoms with van der Waals surface area (Å²) in [4.78, 5) is 25.3. The van der Waals surface area contributed by atoms with Gasteiger partial charge in [0.1, 0.15) is 6.04 Å². The lowest BCUT2D eigenvalue weighted by Crippen LogP contribution is -2.45. The number of fused-ring (bicyclic) bond motifs is 1. The van der Waals surface area contributed by atoms with Crippen molar-refractivity contribution in [3.05, 3.63) is 29.8 Å². The van der Waals surface area contributed by atoms with Gasteiger partial charge in [-0.05, 0) is 25.1 Å². The highest BCUT2D eigenvalue weighted by Crippen LogP contribution is 2.32. The smallest absolute Gasteiger partial charge is 0.327 e. The van der Waals surface area contributed by atoms with Gasteiger partial charge in [0.15, 0.2) is 0 Å². The Hall–Kier alpha value is -1.88. The lowest BCUT2D eigenvalue weighted by Gasteiger charge is -2.24. The number of anilines is 1. The number of nitrogens with one attached hydrogen (secondary N) is 1. The lowest BCUT2D eigenvalue weighted by molar-refractivity contribution is -0.139. The van der Waals surface area contributed by atoms with Crippen molar-refractivity contribution in [2.24, 2.45) is 0 Å². The zero-order valence-electron chi connectivity index (χ0n) is 11.8. The van der Waals surface area contributed by atoms with E-state index in [-0.39, 0.29) is 11.9 Å². The van der Waals surface area contributed by atoms with Gasteiger partial charge in [-0.3, -0.25) is 9.69 Å². The first kappa shape index (κ1) is 14.5. The number of hydrogen-bond acceptors (Lipinski definition) is 3. The standard InChI is InChI=1S/C15H20N2O3/c1-3-16-10(2)8-14(18)17-12-7-5-4-6-11(12)9-13(17)15(19)20/h4-7,10,13,16H,3,8-9H2,1-2H3,(H,19,20)/t10?,13-/m0/s1. The predicted octanol–water partition coefficient (Wildman–Crippen LogP) is 1.42. The molecule has 0 saturated carbocycles. The Labute approximate surface area is 118 Å². The largest absolute Gasteiger partial charge is 0.480 e. The van der Waals surface area contributed by atoms with Crippen LogP contribution in [-0.4, -0.2) is 35.6 Å². The lowest BCUT2D eigenvalue weighted by atomic mass is 10.1. The SMILES string of the molecule is CCNC(C)CC(=O)N1c2ccccc2C[C@H]1C(=O)O. The Morgan fingerprint density at radius 1 is 1.45 bits per heavy atom. The molecule has 5 nitrogen and oxygen atoms in total. The van der Waals surface area contributed by atoms with E-state index >= 15 is 0 Å². The van der Waals surface area contributed by atoms with Crippen LogP contribution >= 0.6 is 0 Å². The van der Waals surface area contributed by atoms with E-state index in [1.165, 1.54) is 4.90 Å². The summed E-state index contributed by atoms with van der Waals surface area (Å²) in [5, 5.41) is 12.5. The highest BCUT2D eigenvalue weighted by Gasteiger charge is 2.38. The maximum absolute atomic E-state index is 12.4. The Balaban J connectivity index is 2.22. The van der Waals surface area contributed by atoms with E-state index in [0.29, 0.717) is 12.8 Å². The summed E-state index contributed by atoms with van der Waals surface area (Å²) in [5.41, 5.74) is 1.65. The van der Waals surface area contributed by atoms with Crippen LogP contribution < -0.4 is 10.2 Å². The van der Waals surface area contributed by atoms with Crippen molar-refractivity contribution in [3.8, 4) is 0 Å². The molecule has 1 aliphatic rings. The van der Waals surface area contributed by atoms with Gasteiger partial charge in [-0.15, -0.1) is 0 Å². The second kappa shape index (κ2) is 6.05. The molecule has 1 heterocycles. The number of hydrogen-bond donors (Lipinski definition) is 2. The van der Waals surface area contributed by atoms with Gasteiger partial charge >= 0.3 is 5.97 Å². The van der Waals surface area contributed by atoms with E-state index in [1.54, 1.807) is 0 Å². The normalized spacial score (nSPS) is 18.7. The molecule has 0 bridgehead atoms. The maximum Gasteiger partial charge on any atom is 0.327 e. The Morgan fingerprint density at radius 2 is 2.15 bits per heavy atom. The first-order valence-corrected chi connectivity index (χ1v) is 6.90. The van der Waals surface area contributed by atoms with Crippen LogP contribution in [0.25, 0.3) is 0 Å². The fourth-order valence-corrected chi connectivity index (χ4v) is 2.67. The van der Waals surface area contributed by atoms with Crippen LogP contribution in [0.1, 0.15) is 25.8 Å². The monoisotopic (exact) mass is 276 g/mol. The molecular formula is C15H20N2O3. The number of benzene rings is 1. The summed E-state index contributed by atoms with van der Waals surface area (Å²) in [6.45, 7) is 4.69. The van der Waals surface area contributed by atoms with Gasteiger partial charge in [0.2, 0.25) is 5.91 Å². The number of nitrogens with zero attached hydrogens (tertiary/aromatic N) is 1. The van der Waals surface area contributed by atoms with Gasteiger partial charge in [0, 0.05) is 24.6 Å². The van der Waals surface area contributed by atoms with E-state index in [4.69, 9.17) is 0 Å². The molecule has 2 rings (SSSR count). The maximum atomic E-state index is 12.4. The Bertz CT molecular complexity index is 516. The number of rotatable bonds is 5. The fourth-order valence-electron chi connectivity index (χ4n) is 2.67. The Kier molecular flexibility index (Phi) is 4.39. The third-order valence-electron chi connectivity index (χ3n) is 3.56. The zero-order chi connectivity index (χ0) is 14.7. The minimum absolute atomic E-state index is 0.0368. The number of aliphatic carboxylic acids is 1. The summed E-state index contributed by atoms with van der Waals surface area (Å²) in [6, 6.07) is 6.65. The second-order valence-electron chi connectivity index (χ2n) is 5.11. The number of carboxylic acids is 1. The number of para-hydroxylation sites is 1. The fraction of sp³-hybridized carbons (Fsp3) is 0.467. The Morgan fingerprint density at radius 3 is 2.80 bits per heavy atom. The molecule has 2 atom stereocenters. The van der Waals surface area contributed by atoms with Crippen molar-refractivity contribution in [3.63, 3.8) is 0 Å². The molecular weight excluding hydrogens is 256 g/mol. The molecule has 0 aliphatic carbocycles. The van der Waals surface area contributed by atoms with Gasteiger partial charge in [-0.1, -0.05) is 25.1 Å². The number of carboxylic acid groups (broad SMARTS) is 1. The minimum Gasteiger partial charge on any atom is -0.480 e. The minimum atomic E-state index is -0.953. The van der Waals surface area contributed by atoms with E-state index in [9.17, 15) is 14.7 Å². The van der Waals surface area contributed by atoms with Crippen LogP contribution in [0.2, 0.25) is 0 Å². The molecule has 0 fully saturated rings. The van der Waals surface area contributed by atoms with Gasteiger partial charge in [0.05, 0.1) is 0 Å².